The monoisotopic (exact) mass is 261 g/mol. The van der Waals surface area contributed by atoms with Gasteiger partial charge in [0, 0.05) is 13.1 Å². The lowest BCUT2D eigenvalue weighted by atomic mass is 10.1. The number of hydrogen-bond acceptors (Lipinski definition) is 2. The second-order valence-electron chi connectivity index (χ2n) is 4.64. The maximum Gasteiger partial charge on any atom is 0.239 e. The molecular formula is C10H16BrNO2. The van der Waals surface area contributed by atoms with Gasteiger partial charge < -0.3 is 9.64 Å². The molecule has 2 saturated heterocycles. The van der Waals surface area contributed by atoms with E-state index in [-0.39, 0.29) is 18.1 Å². The van der Waals surface area contributed by atoms with E-state index in [1.807, 2.05) is 18.7 Å². The molecule has 2 bridgehead atoms. The van der Waals surface area contributed by atoms with Crippen LogP contribution in [0.4, 0.5) is 0 Å². The average Bonchev–Trinajstić information content (AvgIpc) is 2.42. The highest BCUT2D eigenvalue weighted by atomic mass is 79.9. The van der Waals surface area contributed by atoms with Crippen LogP contribution < -0.4 is 0 Å². The van der Waals surface area contributed by atoms with E-state index in [2.05, 4.69) is 15.9 Å². The molecule has 2 atom stereocenters. The number of morpholine rings is 1. The summed E-state index contributed by atoms with van der Waals surface area (Å²) in [6.45, 7) is 5.33. The van der Waals surface area contributed by atoms with Crippen LogP contribution in [0.3, 0.4) is 0 Å². The summed E-state index contributed by atoms with van der Waals surface area (Å²) < 4.78 is 5.24. The van der Waals surface area contributed by atoms with E-state index < -0.39 is 4.32 Å². The molecule has 0 spiro atoms. The first-order chi connectivity index (χ1) is 6.47. The van der Waals surface area contributed by atoms with Gasteiger partial charge in [0.25, 0.3) is 0 Å². The Morgan fingerprint density at radius 1 is 1.36 bits per heavy atom. The second-order valence-corrected chi connectivity index (χ2v) is 6.62. The van der Waals surface area contributed by atoms with Gasteiger partial charge in [-0.05, 0) is 26.7 Å². The molecular weight excluding hydrogens is 246 g/mol. The van der Waals surface area contributed by atoms with Crippen LogP contribution in [0, 0.1) is 0 Å². The molecule has 0 aliphatic carbocycles. The van der Waals surface area contributed by atoms with Crippen molar-refractivity contribution in [3.05, 3.63) is 0 Å². The molecule has 2 fully saturated rings. The Bertz CT molecular complexity index is 237. The SMILES string of the molecule is CC(C)(Br)C(=O)N1CC2CCC(C1)O2. The number of nitrogens with zero attached hydrogens (tertiary/aromatic N) is 1. The highest BCUT2D eigenvalue weighted by molar-refractivity contribution is 9.10. The van der Waals surface area contributed by atoms with E-state index in [1.165, 1.54) is 0 Å². The van der Waals surface area contributed by atoms with Crippen LogP contribution in [0.15, 0.2) is 0 Å². The van der Waals surface area contributed by atoms with Crippen molar-refractivity contribution < 1.29 is 9.53 Å². The lowest BCUT2D eigenvalue weighted by Crippen LogP contribution is -2.50. The Hall–Kier alpha value is -0.0900. The van der Waals surface area contributed by atoms with Crippen LogP contribution in [0.2, 0.25) is 0 Å². The number of carbonyl (C=O) groups is 1. The molecule has 0 saturated carbocycles. The minimum absolute atomic E-state index is 0.178. The van der Waals surface area contributed by atoms with Crippen LogP contribution in [0.25, 0.3) is 0 Å². The zero-order valence-corrected chi connectivity index (χ0v) is 10.2. The zero-order chi connectivity index (χ0) is 10.3. The van der Waals surface area contributed by atoms with Gasteiger partial charge in [-0.2, -0.15) is 0 Å². The minimum atomic E-state index is -0.441. The normalized spacial score (nSPS) is 32.1. The van der Waals surface area contributed by atoms with Gasteiger partial charge in [0.15, 0.2) is 0 Å². The number of halogens is 1. The molecule has 3 nitrogen and oxygen atoms in total. The fraction of sp³-hybridized carbons (Fsp3) is 0.900. The van der Waals surface area contributed by atoms with Crippen LogP contribution in [-0.2, 0) is 9.53 Å². The summed E-state index contributed by atoms with van der Waals surface area (Å²) in [5.74, 6) is 0.178. The summed E-state index contributed by atoms with van der Waals surface area (Å²) >= 11 is 3.41. The number of fused-ring (bicyclic) bond motifs is 2. The molecule has 1 amide bonds. The Balaban J connectivity index is 2.03. The highest BCUT2D eigenvalue weighted by Crippen LogP contribution is 2.29. The maximum atomic E-state index is 12.0. The molecule has 80 valence electrons. The summed E-state index contributed by atoms with van der Waals surface area (Å²) in [7, 11) is 0. The van der Waals surface area contributed by atoms with Crippen molar-refractivity contribution in [3.8, 4) is 0 Å². The van der Waals surface area contributed by atoms with Crippen molar-refractivity contribution in [2.75, 3.05) is 13.1 Å². The first-order valence-corrected chi connectivity index (χ1v) is 5.90. The Morgan fingerprint density at radius 2 is 1.86 bits per heavy atom. The van der Waals surface area contributed by atoms with Gasteiger partial charge in [-0.1, -0.05) is 15.9 Å². The summed E-state index contributed by atoms with van der Waals surface area (Å²) in [6.07, 6.45) is 2.79. The molecule has 0 N–H and O–H groups in total. The molecule has 0 aromatic rings. The van der Waals surface area contributed by atoms with Crippen LogP contribution in [-0.4, -0.2) is 40.4 Å². The van der Waals surface area contributed by atoms with E-state index in [0.29, 0.717) is 0 Å². The quantitative estimate of drug-likeness (QED) is 0.671. The Kier molecular flexibility index (Phi) is 2.60. The predicted octanol–water partition coefficient (Wildman–Crippen LogP) is 1.55. The molecule has 2 aliphatic rings. The third-order valence-corrected chi connectivity index (χ3v) is 3.18. The van der Waals surface area contributed by atoms with Gasteiger partial charge in [-0.25, -0.2) is 0 Å². The molecule has 0 aromatic carbocycles. The Morgan fingerprint density at radius 3 is 2.29 bits per heavy atom. The van der Waals surface area contributed by atoms with Gasteiger partial charge in [0.05, 0.1) is 16.5 Å². The summed E-state index contributed by atoms with van der Waals surface area (Å²) in [6, 6.07) is 0. The number of carbonyl (C=O) groups excluding carboxylic acids is 1. The van der Waals surface area contributed by atoms with Gasteiger partial charge in [-0.15, -0.1) is 0 Å². The van der Waals surface area contributed by atoms with E-state index in [4.69, 9.17) is 4.74 Å². The third-order valence-electron chi connectivity index (χ3n) is 2.84. The molecule has 2 heterocycles. The van der Waals surface area contributed by atoms with Gasteiger partial charge in [0.1, 0.15) is 0 Å². The standard InChI is InChI=1S/C10H16BrNO2/c1-10(2,11)9(13)12-5-7-3-4-8(6-12)14-7/h7-8H,3-6H2,1-2H3. The van der Waals surface area contributed by atoms with E-state index >= 15 is 0 Å². The number of ether oxygens (including phenoxy) is 1. The van der Waals surface area contributed by atoms with Crippen molar-refractivity contribution in [1.82, 2.24) is 4.90 Å². The van der Waals surface area contributed by atoms with E-state index in [1.54, 1.807) is 0 Å². The lowest BCUT2D eigenvalue weighted by molar-refractivity contribution is -0.141. The molecule has 0 aromatic heterocycles. The van der Waals surface area contributed by atoms with Crippen molar-refractivity contribution in [1.29, 1.82) is 0 Å². The molecule has 4 heteroatoms. The smallest absolute Gasteiger partial charge is 0.239 e. The fourth-order valence-electron chi connectivity index (χ4n) is 2.16. The largest absolute Gasteiger partial charge is 0.371 e. The van der Waals surface area contributed by atoms with Crippen molar-refractivity contribution in [3.63, 3.8) is 0 Å². The molecule has 2 unspecified atom stereocenters. The number of amides is 1. The van der Waals surface area contributed by atoms with Gasteiger partial charge in [-0.3, -0.25) is 4.79 Å². The minimum Gasteiger partial charge on any atom is -0.371 e. The first kappa shape index (κ1) is 10.4. The number of hydrogen-bond donors (Lipinski definition) is 0. The fourth-order valence-corrected chi connectivity index (χ4v) is 2.41. The van der Waals surface area contributed by atoms with Crippen LogP contribution >= 0.6 is 15.9 Å². The lowest BCUT2D eigenvalue weighted by Gasteiger charge is -2.35. The topological polar surface area (TPSA) is 29.5 Å². The predicted molar refractivity (Wildman–Crippen MR) is 57.5 cm³/mol. The van der Waals surface area contributed by atoms with E-state index in [9.17, 15) is 4.79 Å². The van der Waals surface area contributed by atoms with E-state index in [0.717, 1.165) is 25.9 Å². The van der Waals surface area contributed by atoms with Crippen molar-refractivity contribution in [2.45, 2.75) is 43.2 Å². The van der Waals surface area contributed by atoms with Crippen LogP contribution in [0.5, 0.6) is 0 Å². The van der Waals surface area contributed by atoms with Crippen molar-refractivity contribution in [2.24, 2.45) is 0 Å². The van der Waals surface area contributed by atoms with Gasteiger partial charge >= 0.3 is 0 Å². The third kappa shape index (κ3) is 1.96. The van der Waals surface area contributed by atoms with Gasteiger partial charge in [0.2, 0.25) is 5.91 Å². The summed E-state index contributed by atoms with van der Waals surface area (Å²) in [5.41, 5.74) is 0. The highest BCUT2D eigenvalue weighted by Gasteiger charge is 2.39. The van der Waals surface area contributed by atoms with Crippen LogP contribution in [0.1, 0.15) is 26.7 Å². The number of alkyl halides is 1. The summed E-state index contributed by atoms with van der Waals surface area (Å²) in [4.78, 5) is 13.9. The Labute approximate surface area is 92.9 Å². The number of likely N-dealkylation sites (tertiary alicyclic amines) is 1. The molecule has 2 aliphatic heterocycles. The average molecular weight is 262 g/mol. The summed E-state index contributed by atoms with van der Waals surface area (Å²) in [5, 5.41) is 0. The second kappa shape index (κ2) is 3.49. The zero-order valence-electron chi connectivity index (χ0n) is 8.62. The maximum absolute atomic E-state index is 12.0. The molecule has 14 heavy (non-hydrogen) atoms. The molecule has 0 radical (unpaired) electrons. The first-order valence-electron chi connectivity index (χ1n) is 5.10. The molecule has 2 rings (SSSR count). The van der Waals surface area contributed by atoms with Crippen molar-refractivity contribution >= 4 is 21.8 Å². The number of rotatable bonds is 1.